The molecule has 2 nitrogen and oxygen atoms in total. The van der Waals surface area contributed by atoms with Gasteiger partial charge in [0.15, 0.2) is 5.13 Å². The van der Waals surface area contributed by atoms with Crippen molar-refractivity contribution in [1.82, 2.24) is 4.98 Å². The number of benzene rings is 1. The number of thiazole rings is 1. The van der Waals surface area contributed by atoms with Gasteiger partial charge in [-0.1, -0.05) is 50.3 Å². The molecule has 3 heteroatoms. The fourth-order valence-electron chi connectivity index (χ4n) is 1.56. The summed E-state index contributed by atoms with van der Waals surface area (Å²) in [6, 6.07) is 8.56. The van der Waals surface area contributed by atoms with Gasteiger partial charge in [0, 0.05) is 6.20 Å². The molecule has 0 fully saturated rings. The van der Waals surface area contributed by atoms with Gasteiger partial charge in [-0.25, -0.2) is 4.98 Å². The lowest BCUT2D eigenvalue weighted by Crippen LogP contribution is -2.10. The minimum Gasteiger partial charge on any atom is -0.375 e. The van der Waals surface area contributed by atoms with Crippen molar-refractivity contribution in [2.24, 2.45) is 0 Å². The molecule has 0 aliphatic rings. The molecule has 1 aromatic heterocycles. The topological polar surface area (TPSA) is 38.9 Å². The number of nitrogen functional groups attached to an aromatic ring is 1. The Morgan fingerprint density at radius 2 is 2.00 bits per heavy atom. The predicted molar refractivity (Wildman–Crippen MR) is 70.7 cm³/mol. The van der Waals surface area contributed by atoms with Gasteiger partial charge in [-0.2, -0.15) is 0 Å². The van der Waals surface area contributed by atoms with Gasteiger partial charge in [0.1, 0.15) is 0 Å². The Morgan fingerprint density at radius 1 is 1.25 bits per heavy atom. The maximum atomic E-state index is 5.65. The molecule has 2 aromatic rings. The molecule has 0 unspecified atom stereocenters. The molecule has 0 aliphatic carbocycles. The third-order valence-corrected chi connectivity index (χ3v) is 3.41. The van der Waals surface area contributed by atoms with Crippen LogP contribution in [0.25, 0.3) is 10.4 Å². The molecule has 16 heavy (non-hydrogen) atoms. The molecule has 2 N–H and O–H groups in total. The smallest absolute Gasteiger partial charge is 0.180 e. The summed E-state index contributed by atoms with van der Waals surface area (Å²) in [6.07, 6.45) is 1.84. The largest absolute Gasteiger partial charge is 0.375 e. The van der Waals surface area contributed by atoms with Gasteiger partial charge in [-0.3, -0.25) is 0 Å². The van der Waals surface area contributed by atoms with Crippen molar-refractivity contribution in [2.45, 2.75) is 26.2 Å². The van der Waals surface area contributed by atoms with E-state index in [0.29, 0.717) is 5.13 Å². The molecule has 0 atom stereocenters. The summed E-state index contributed by atoms with van der Waals surface area (Å²) in [7, 11) is 0. The first-order valence-electron chi connectivity index (χ1n) is 5.29. The molecule has 2 rings (SSSR count). The van der Waals surface area contributed by atoms with Crippen LogP contribution in [0.15, 0.2) is 30.5 Å². The van der Waals surface area contributed by atoms with E-state index in [1.165, 1.54) is 22.5 Å². The normalized spacial score (nSPS) is 11.7. The summed E-state index contributed by atoms with van der Waals surface area (Å²) in [5, 5.41) is 0.621. The number of anilines is 1. The molecule has 1 heterocycles. The third-order valence-electron chi connectivity index (χ3n) is 2.54. The Labute approximate surface area is 100 Å². The maximum Gasteiger partial charge on any atom is 0.180 e. The van der Waals surface area contributed by atoms with E-state index in [9.17, 15) is 0 Å². The van der Waals surface area contributed by atoms with Gasteiger partial charge in [0.2, 0.25) is 0 Å². The van der Waals surface area contributed by atoms with Crippen LogP contribution in [-0.2, 0) is 5.41 Å². The van der Waals surface area contributed by atoms with Gasteiger partial charge in [0.25, 0.3) is 0 Å². The quantitative estimate of drug-likeness (QED) is 0.814. The third kappa shape index (κ3) is 2.25. The summed E-state index contributed by atoms with van der Waals surface area (Å²) in [4.78, 5) is 5.21. The predicted octanol–water partition coefficient (Wildman–Crippen LogP) is 3.69. The van der Waals surface area contributed by atoms with E-state index in [-0.39, 0.29) is 5.41 Å². The van der Waals surface area contributed by atoms with Gasteiger partial charge in [0.05, 0.1) is 4.88 Å². The Balaban J connectivity index is 2.44. The van der Waals surface area contributed by atoms with E-state index < -0.39 is 0 Å². The second-order valence-electron chi connectivity index (χ2n) is 4.89. The molecule has 0 aliphatic heterocycles. The van der Waals surface area contributed by atoms with Crippen LogP contribution in [-0.4, -0.2) is 4.98 Å². The lowest BCUT2D eigenvalue weighted by Gasteiger charge is -2.19. The SMILES string of the molecule is CC(C)(C)c1cccc(-c2cnc(N)s2)c1. The van der Waals surface area contributed by atoms with Crippen LogP contribution < -0.4 is 5.73 Å². The number of hydrogen-bond donors (Lipinski definition) is 1. The summed E-state index contributed by atoms with van der Waals surface area (Å²) in [6.45, 7) is 6.65. The summed E-state index contributed by atoms with van der Waals surface area (Å²) < 4.78 is 0. The summed E-state index contributed by atoms with van der Waals surface area (Å²) >= 11 is 1.53. The Kier molecular flexibility index (Phi) is 2.72. The fraction of sp³-hybridized carbons (Fsp3) is 0.308. The first-order chi connectivity index (χ1) is 7.47. The van der Waals surface area contributed by atoms with Crippen molar-refractivity contribution in [3.05, 3.63) is 36.0 Å². The lowest BCUT2D eigenvalue weighted by atomic mass is 9.86. The standard InChI is InChI=1S/C13H16N2S/c1-13(2,3)10-6-4-5-9(7-10)11-8-15-12(14)16-11/h4-8H,1-3H3,(H2,14,15). The van der Waals surface area contributed by atoms with E-state index in [4.69, 9.17) is 5.73 Å². The zero-order chi connectivity index (χ0) is 11.8. The van der Waals surface area contributed by atoms with Crippen molar-refractivity contribution < 1.29 is 0 Å². The van der Waals surface area contributed by atoms with Crippen molar-refractivity contribution in [3.8, 4) is 10.4 Å². The van der Waals surface area contributed by atoms with Crippen molar-refractivity contribution in [2.75, 3.05) is 5.73 Å². The van der Waals surface area contributed by atoms with E-state index in [2.05, 4.69) is 50.0 Å². The highest BCUT2D eigenvalue weighted by Gasteiger charge is 2.14. The second-order valence-corrected chi connectivity index (χ2v) is 5.96. The molecule has 0 saturated carbocycles. The lowest BCUT2D eigenvalue weighted by molar-refractivity contribution is 0.590. The molecule has 0 amide bonds. The summed E-state index contributed by atoms with van der Waals surface area (Å²) in [5.74, 6) is 0. The highest BCUT2D eigenvalue weighted by Crippen LogP contribution is 2.31. The molecular weight excluding hydrogens is 216 g/mol. The van der Waals surface area contributed by atoms with Gasteiger partial charge in [-0.05, 0) is 22.6 Å². The molecule has 84 valence electrons. The van der Waals surface area contributed by atoms with E-state index in [0.717, 1.165) is 4.88 Å². The van der Waals surface area contributed by atoms with Crippen molar-refractivity contribution >= 4 is 16.5 Å². The molecule has 0 bridgehead atoms. The minimum atomic E-state index is 0.173. The second kappa shape index (κ2) is 3.91. The monoisotopic (exact) mass is 232 g/mol. The molecule has 1 aromatic carbocycles. The van der Waals surface area contributed by atoms with Crippen LogP contribution in [0, 0.1) is 0 Å². The Hall–Kier alpha value is -1.35. The fourth-order valence-corrected chi connectivity index (χ4v) is 2.24. The summed E-state index contributed by atoms with van der Waals surface area (Å²) in [5.41, 5.74) is 8.35. The maximum absolute atomic E-state index is 5.65. The van der Waals surface area contributed by atoms with Crippen LogP contribution in [0.2, 0.25) is 0 Å². The van der Waals surface area contributed by atoms with E-state index in [1.54, 1.807) is 0 Å². The van der Waals surface area contributed by atoms with Gasteiger partial charge in [-0.15, -0.1) is 0 Å². The average molecular weight is 232 g/mol. The number of nitrogens with two attached hydrogens (primary N) is 1. The van der Waals surface area contributed by atoms with Crippen LogP contribution in [0.1, 0.15) is 26.3 Å². The molecule has 0 saturated heterocycles. The van der Waals surface area contributed by atoms with E-state index >= 15 is 0 Å². The highest BCUT2D eigenvalue weighted by atomic mass is 32.1. The van der Waals surface area contributed by atoms with Gasteiger partial charge >= 0.3 is 0 Å². The minimum absolute atomic E-state index is 0.173. The van der Waals surface area contributed by atoms with Gasteiger partial charge < -0.3 is 5.73 Å². The van der Waals surface area contributed by atoms with E-state index in [1.807, 2.05) is 6.20 Å². The molecule has 0 spiro atoms. The van der Waals surface area contributed by atoms with Crippen molar-refractivity contribution in [3.63, 3.8) is 0 Å². The molecular formula is C13H16N2S. The van der Waals surface area contributed by atoms with Crippen LogP contribution in [0.3, 0.4) is 0 Å². The van der Waals surface area contributed by atoms with Crippen LogP contribution >= 0.6 is 11.3 Å². The average Bonchev–Trinajstić information content (AvgIpc) is 2.64. The number of nitrogens with zero attached hydrogens (tertiary/aromatic N) is 1. The Bertz CT molecular complexity index is 495. The number of hydrogen-bond acceptors (Lipinski definition) is 3. The zero-order valence-electron chi connectivity index (χ0n) is 9.82. The first kappa shape index (κ1) is 11.1. The number of rotatable bonds is 1. The Morgan fingerprint density at radius 3 is 2.56 bits per heavy atom. The van der Waals surface area contributed by atoms with Crippen molar-refractivity contribution in [1.29, 1.82) is 0 Å². The number of aromatic nitrogens is 1. The molecule has 0 radical (unpaired) electrons. The van der Waals surface area contributed by atoms with Crippen LogP contribution in [0.5, 0.6) is 0 Å². The van der Waals surface area contributed by atoms with Crippen LogP contribution in [0.4, 0.5) is 5.13 Å². The zero-order valence-corrected chi connectivity index (χ0v) is 10.6. The highest BCUT2D eigenvalue weighted by molar-refractivity contribution is 7.18. The first-order valence-corrected chi connectivity index (χ1v) is 6.11.